The molecule has 0 unspecified atom stereocenters. The Morgan fingerprint density at radius 2 is 1.63 bits per heavy atom. The standard InChI is InChI=1S/C20H18ClN3O5S/c1-27-13-6-11(7-14(9-13)28-2)18(25)24-20-23-16(10-30-20)19(26)22-15-8-12(21)4-5-17(15)29-3/h4-10H,1-3H3,(H,22,26)(H,23,24,25). The first-order chi connectivity index (χ1) is 14.4. The summed E-state index contributed by atoms with van der Waals surface area (Å²) in [5.74, 6) is 0.548. The van der Waals surface area contributed by atoms with E-state index in [1.54, 1.807) is 36.4 Å². The highest BCUT2D eigenvalue weighted by atomic mass is 35.5. The number of ether oxygens (including phenoxy) is 3. The number of hydrogen-bond acceptors (Lipinski definition) is 7. The van der Waals surface area contributed by atoms with Gasteiger partial charge in [-0.1, -0.05) is 11.6 Å². The van der Waals surface area contributed by atoms with E-state index in [0.29, 0.717) is 33.5 Å². The van der Waals surface area contributed by atoms with Crippen LogP contribution in [0.3, 0.4) is 0 Å². The van der Waals surface area contributed by atoms with E-state index in [1.165, 1.54) is 26.7 Å². The van der Waals surface area contributed by atoms with Gasteiger partial charge in [-0.3, -0.25) is 14.9 Å². The fourth-order valence-corrected chi connectivity index (χ4v) is 3.37. The first-order valence-electron chi connectivity index (χ1n) is 8.58. The molecule has 0 aliphatic rings. The fraction of sp³-hybridized carbons (Fsp3) is 0.150. The van der Waals surface area contributed by atoms with Crippen LogP contribution in [0.15, 0.2) is 41.8 Å². The number of carbonyl (C=O) groups is 2. The normalized spacial score (nSPS) is 10.3. The maximum Gasteiger partial charge on any atom is 0.275 e. The number of rotatable bonds is 7. The van der Waals surface area contributed by atoms with Crippen molar-refractivity contribution >= 4 is 45.6 Å². The van der Waals surface area contributed by atoms with Gasteiger partial charge in [0.25, 0.3) is 11.8 Å². The van der Waals surface area contributed by atoms with E-state index >= 15 is 0 Å². The summed E-state index contributed by atoms with van der Waals surface area (Å²) in [6.45, 7) is 0. The highest BCUT2D eigenvalue weighted by Crippen LogP contribution is 2.29. The van der Waals surface area contributed by atoms with Crippen molar-refractivity contribution in [2.75, 3.05) is 32.0 Å². The van der Waals surface area contributed by atoms with Gasteiger partial charge in [-0.15, -0.1) is 11.3 Å². The number of anilines is 2. The van der Waals surface area contributed by atoms with Gasteiger partial charge in [0.1, 0.15) is 22.9 Å². The Balaban J connectivity index is 1.73. The Labute approximate surface area is 181 Å². The minimum Gasteiger partial charge on any atom is -0.497 e. The molecule has 3 rings (SSSR count). The van der Waals surface area contributed by atoms with Gasteiger partial charge in [-0.25, -0.2) is 4.98 Å². The molecular weight excluding hydrogens is 430 g/mol. The molecule has 2 amide bonds. The number of carbonyl (C=O) groups excluding carboxylic acids is 2. The SMILES string of the molecule is COc1cc(OC)cc(C(=O)Nc2nc(C(=O)Nc3cc(Cl)ccc3OC)cs2)c1. The minimum atomic E-state index is -0.463. The van der Waals surface area contributed by atoms with Crippen LogP contribution < -0.4 is 24.8 Å². The van der Waals surface area contributed by atoms with Gasteiger partial charge < -0.3 is 19.5 Å². The maximum absolute atomic E-state index is 12.6. The summed E-state index contributed by atoms with van der Waals surface area (Å²) in [4.78, 5) is 29.2. The highest BCUT2D eigenvalue weighted by Gasteiger charge is 2.16. The van der Waals surface area contributed by atoms with Crippen LogP contribution in [0.25, 0.3) is 0 Å². The number of thiazole rings is 1. The highest BCUT2D eigenvalue weighted by molar-refractivity contribution is 7.14. The Bertz CT molecular complexity index is 1060. The van der Waals surface area contributed by atoms with Crippen LogP contribution in [0.4, 0.5) is 10.8 Å². The third-order valence-electron chi connectivity index (χ3n) is 3.98. The van der Waals surface area contributed by atoms with Crippen LogP contribution in [0, 0.1) is 0 Å². The second-order valence-corrected chi connectivity index (χ2v) is 7.19. The molecule has 0 aliphatic heterocycles. The molecule has 0 spiro atoms. The number of methoxy groups -OCH3 is 3. The van der Waals surface area contributed by atoms with Crippen molar-refractivity contribution in [1.29, 1.82) is 0 Å². The zero-order valence-corrected chi connectivity index (χ0v) is 17.9. The van der Waals surface area contributed by atoms with Crippen LogP contribution >= 0.6 is 22.9 Å². The van der Waals surface area contributed by atoms with Crippen molar-refractivity contribution in [2.45, 2.75) is 0 Å². The number of halogens is 1. The maximum atomic E-state index is 12.6. The molecule has 0 saturated heterocycles. The van der Waals surface area contributed by atoms with Crippen LogP contribution in [-0.4, -0.2) is 38.1 Å². The number of amides is 2. The molecule has 0 fully saturated rings. The molecule has 3 aromatic rings. The molecule has 10 heteroatoms. The molecule has 0 bridgehead atoms. The summed E-state index contributed by atoms with van der Waals surface area (Å²) < 4.78 is 15.6. The molecule has 1 heterocycles. The summed E-state index contributed by atoms with van der Waals surface area (Å²) >= 11 is 7.10. The van der Waals surface area contributed by atoms with Gasteiger partial charge in [0.2, 0.25) is 0 Å². The zero-order chi connectivity index (χ0) is 21.7. The van der Waals surface area contributed by atoms with E-state index < -0.39 is 11.8 Å². The van der Waals surface area contributed by atoms with E-state index in [9.17, 15) is 9.59 Å². The second-order valence-electron chi connectivity index (χ2n) is 5.89. The first kappa shape index (κ1) is 21.4. The van der Waals surface area contributed by atoms with Crippen molar-refractivity contribution in [3.63, 3.8) is 0 Å². The third kappa shape index (κ3) is 5.00. The van der Waals surface area contributed by atoms with E-state index in [1.807, 2.05) is 0 Å². The van der Waals surface area contributed by atoms with Gasteiger partial charge in [0, 0.05) is 22.0 Å². The summed E-state index contributed by atoms with van der Waals surface area (Å²) in [6, 6.07) is 9.68. The molecule has 0 radical (unpaired) electrons. The number of nitrogens with one attached hydrogen (secondary N) is 2. The quantitative estimate of drug-likeness (QED) is 0.559. The first-order valence-corrected chi connectivity index (χ1v) is 9.84. The summed E-state index contributed by atoms with van der Waals surface area (Å²) in [6.07, 6.45) is 0. The Morgan fingerprint density at radius 3 is 2.27 bits per heavy atom. The molecule has 1 aromatic heterocycles. The average molecular weight is 448 g/mol. The molecular formula is C20H18ClN3O5S. The molecule has 0 aliphatic carbocycles. The number of aromatic nitrogens is 1. The van der Waals surface area contributed by atoms with E-state index in [-0.39, 0.29) is 10.8 Å². The fourth-order valence-electron chi connectivity index (χ4n) is 2.51. The molecule has 0 saturated carbocycles. The Kier molecular flexibility index (Phi) is 6.76. The van der Waals surface area contributed by atoms with Crippen molar-refractivity contribution in [3.8, 4) is 17.2 Å². The smallest absolute Gasteiger partial charge is 0.275 e. The van der Waals surface area contributed by atoms with Gasteiger partial charge >= 0.3 is 0 Å². The predicted molar refractivity (Wildman–Crippen MR) is 116 cm³/mol. The van der Waals surface area contributed by atoms with Crippen molar-refractivity contribution in [1.82, 2.24) is 4.98 Å². The molecule has 156 valence electrons. The van der Waals surface area contributed by atoms with E-state index in [0.717, 1.165) is 11.3 Å². The molecule has 8 nitrogen and oxygen atoms in total. The van der Waals surface area contributed by atoms with Crippen molar-refractivity contribution < 1.29 is 23.8 Å². The van der Waals surface area contributed by atoms with Crippen LogP contribution in [0.2, 0.25) is 5.02 Å². The van der Waals surface area contributed by atoms with Gasteiger partial charge in [0.15, 0.2) is 5.13 Å². The monoisotopic (exact) mass is 447 g/mol. The van der Waals surface area contributed by atoms with Gasteiger partial charge in [-0.2, -0.15) is 0 Å². The zero-order valence-electron chi connectivity index (χ0n) is 16.3. The topological polar surface area (TPSA) is 98.8 Å². The third-order valence-corrected chi connectivity index (χ3v) is 4.97. The van der Waals surface area contributed by atoms with Crippen molar-refractivity contribution in [3.05, 3.63) is 58.1 Å². The number of hydrogen-bond donors (Lipinski definition) is 2. The van der Waals surface area contributed by atoms with E-state index in [2.05, 4.69) is 15.6 Å². The molecule has 2 N–H and O–H groups in total. The number of benzene rings is 2. The predicted octanol–water partition coefficient (Wildman–Crippen LogP) is 4.33. The lowest BCUT2D eigenvalue weighted by atomic mass is 10.2. The second kappa shape index (κ2) is 9.47. The summed E-state index contributed by atoms with van der Waals surface area (Å²) in [5, 5.41) is 7.61. The van der Waals surface area contributed by atoms with Crippen molar-refractivity contribution in [2.24, 2.45) is 0 Å². The lowest BCUT2D eigenvalue weighted by Crippen LogP contribution is -2.15. The Hall–Kier alpha value is -3.30. The van der Waals surface area contributed by atoms with Gasteiger partial charge in [-0.05, 0) is 30.3 Å². The molecule has 30 heavy (non-hydrogen) atoms. The molecule has 2 aromatic carbocycles. The minimum absolute atomic E-state index is 0.139. The lowest BCUT2D eigenvalue weighted by Gasteiger charge is -2.09. The Morgan fingerprint density at radius 1 is 0.933 bits per heavy atom. The molecule has 0 atom stereocenters. The van der Waals surface area contributed by atoms with E-state index in [4.69, 9.17) is 25.8 Å². The lowest BCUT2D eigenvalue weighted by molar-refractivity contribution is 0.101. The summed E-state index contributed by atoms with van der Waals surface area (Å²) in [7, 11) is 4.48. The number of nitrogens with zero attached hydrogens (tertiary/aromatic N) is 1. The van der Waals surface area contributed by atoms with Gasteiger partial charge in [0.05, 0.1) is 27.0 Å². The largest absolute Gasteiger partial charge is 0.497 e. The summed E-state index contributed by atoms with van der Waals surface area (Å²) in [5.41, 5.74) is 0.883. The van der Waals surface area contributed by atoms with Crippen LogP contribution in [-0.2, 0) is 0 Å². The van der Waals surface area contributed by atoms with Crippen LogP contribution in [0.1, 0.15) is 20.8 Å². The average Bonchev–Trinajstić information content (AvgIpc) is 3.22. The van der Waals surface area contributed by atoms with Crippen LogP contribution in [0.5, 0.6) is 17.2 Å².